The first-order chi connectivity index (χ1) is 7.31. The van der Waals surface area contributed by atoms with Gasteiger partial charge in [0.2, 0.25) is 0 Å². The fraction of sp³-hybridized carbons (Fsp3) is 1.00. The second kappa shape index (κ2) is 7.53. The molecule has 0 bridgehead atoms. The van der Waals surface area contributed by atoms with Gasteiger partial charge in [0.15, 0.2) is 0 Å². The molecule has 1 atom stereocenters. The van der Waals surface area contributed by atoms with Crippen LogP contribution in [0.4, 0.5) is 0 Å². The van der Waals surface area contributed by atoms with E-state index in [0.717, 1.165) is 12.5 Å². The number of rotatable bonds is 6. The lowest BCUT2D eigenvalue weighted by Gasteiger charge is -2.37. The SMILES string of the molecule is CCC1CCN(C(CN)CCSC)CC1. The van der Waals surface area contributed by atoms with Gasteiger partial charge in [-0.05, 0) is 50.3 Å². The monoisotopic (exact) mass is 230 g/mol. The number of likely N-dealkylation sites (tertiary alicyclic amines) is 1. The van der Waals surface area contributed by atoms with Crippen LogP contribution in [0.5, 0.6) is 0 Å². The molecule has 1 fully saturated rings. The second-order valence-electron chi connectivity index (χ2n) is 4.56. The summed E-state index contributed by atoms with van der Waals surface area (Å²) in [4.78, 5) is 2.61. The molecule has 1 unspecified atom stereocenters. The molecular formula is C12H26N2S. The van der Waals surface area contributed by atoms with Crippen molar-refractivity contribution in [2.75, 3.05) is 31.6 Å². The molecule has 0 aromatic carbocycles. The summed E-state index contributed by atoms with van der Waals surface area (Å²) in [5.41, 5.74) is 5.86. The molecule has 0 spiro atoms. The number of thioether (sulfide) groups is 1. The van der Waals surface area contributed by atoms with Crippen LogP contribution in [0.3, 0.4) is 0 Å². The molecule has 1 heterocycles. The summed E-state index contributed by atoms with van der Waals surface area (Å²) in [7, 11) is 0. The predicted octanol–water partition coefficient (Wildman–Crippen LogP) is 2.19. The molecule has 0 aromatic heterocycles. The second-order valence-corrected chi connectivity index (χ2v) is 5.54. The highest BCUT2D eigenvalue weighted by atomic mass is 32.2. The maximum absolute atomic E-state index is 5.86. The van der Waals surface area contributed by atoms with Gasteiger partial charge in [0.05, 0.1) is 0 Å². The lowest BCUT2D eigenvalue weighted by Crippen LogP contribution is -2.45. The molecule has 1 aliphatic rings. The van der Waals surface area contributed by atoms with Gasteiger partial charge in [0.25, 0.3) is 0 Å². The molecule has 2 nitrogen and oxygen atoms in total. The maximum Gasteiger partial charge on any atom is 0.0226 e. The lowest BCUT2D eigenvalue weighted by molar-refractivity contribution is 0.131. The van der Waals surface area contributed by atoms with Gasteiger partial charge in [-0.1, -0.05) is 13.3 Å². The Morgan fingerprint density at radius 3 is 2.53 bits per heavy atom. The van der Waals surface area contributed by atoms with Crippen LogP contribution < -0.4 is 5.73 Å². The summed E-state index contributed by atoms with van der Waals surface area (Å²) < 4.78 is 0. The zero-order valence-corrected chi connectivity index (χ0v) is 11.1. The van der Waals surface area contributed by atoms with Crippen molar-refractivity contribution in [3.05, 3.63) is 0 Å². The number of hydrogen-bond donors (Lipinski definition) is 1. The summed E-state index contributed by atoms with van der Waals surface area (Å²) in [5, 5.41) is 0. The predicted molar refractivity (Wildman–Crippen MR) is 70.4 cm³/mol. The fourth-order valence-electron chi connectivity index (χ4n) is 2.43. The number of hydrogen-bond acceptors (Lipinski definition) is 3. The van der Waals surface area contributed by atoms with Gasteiger partial charge in [-0.3, -0.25) is 4.90 Å². The minimum Gasteiger partial charge on any atom is -0.329 e. The molecule has 0 amide bonds. The third-order valence-corrected chi connectivity index (χ3v) is 4.31. The van der Waals surface area contributed by atoms with Crippen LogP contribution in [0.25, 0.3) is 0 Å². The van der Waals surface area contributed by atoms with Crippen molar-refractivity contribution in [1.29, 1.82) is 0 Å². The molecule has 0 aliphatic carbocycles. The first-order valence-electron chi connectivity index (χ1n) is 6.24. The smallest absolute Gasteiger partial charge is 0.0226 e. The van der Waals surface area contributed by atoms with E-state index in [1.54, 1.807) is 0 Å². The van der Waals surface area contributed by atoms with E-state index in [4.69, 9.17) is 5.73 Å². The van der Waals surface area contributed by atoms with Crippen LogP contribution in [-0.4, -0.2) is 42.6 Å². The van der Waals surface area contributed by atoms with Gasteiger partial charge in [0, 0.05) is 12.6 Å². The normalized spacial score (nSPS) is 21.8. The summed E-state index contributed by atoms with van der Waals surface area (Å²) in [6.07, 6.45) is 7.55. The summed E-state index contributed by atoms with van der Waals surface area (Å²) in [6, 6.07) is 0.634. The van der Waals surface area contributed by atoms with Gasteiger partial charge >= 0.3 is 0 Å². The van der Waals surface area contributed by atoms with E-state index in [-0.39, 0.29) is 0 Å². The molecule has 90 valence electrons. The first-order valence-corrected chi connectivity index (χ1v) is 7.64. The number of piperidine rings is 1. The highest BCUT2D eigenvalue weighted by molar-refractivity contribution is 7.98. The van der Waals surface area contributed by atoms with Crippen molar-refractivity contribution < 1.29 is 0 Å². The zero-order valence-electron chi connectivity index (χ0n) is 10.2. The molecule has 0 aromatic rings. The van der Waals surface area contributed by atoms with Crippen LogP contribution >= 0.6 is 11.8 Å². The Balaban J connectivity index is 2.29. The Hall–Kier alpha value is 0.270. The summed E-state index contributed by atoms with van der Waals surface area (Å²) >= 11 is 1.93. The number of nitrogens with zero attached hydrogens (tertiary/aromatic N) is 1. The largest absolute Gasteiger partial charge is 0.329 e. The highest BCUT2D eigenvalue weighted by Gasteiger charge is 2.22. The molecule has 1 aliphatic heterocycles. The molecule has 2 N–H and O–H groups in total. The van der Waals surface area contributed by atoms with Crippen molar-refractivity contribution in [2.24, 2.45) is 11.7 Å². The minimum atomic E-state index is 0.634. The van der Waals surface area contributed by atoms with Gasteiger partial charge in [0.1, 0.15) is 0 Å². The van der Waals surface area contributed by atoms with Crippen molar-refractivity contribution in [2.45, 2.75) is 38.6 Å². The Morgan fingerprint density at radius 2 is 2.07 bits per heavy atom. The van der Waals surface area contributed by atoms with Crippen LogP contribution in [-0.2, 0) is 0 Å². The average molecular weight is 230 g/mol. The Bertz CT molecular complexity index is 156. The fourth-order valence-corrected chi connectivity index (χ4v) is 2.94. The standard InChI is InChI=1S/C12H26N2S/c1-3-11-4-7-14(8-5-11)12(10-13)6-9-15-2/h11-12H,3-10,13H2,1-2H3. The third kappa shape index (κ3) is 4.33. The van der Waals surface area contributed by atoms with Crippen molar-refractivity contribution in [1.82, 2.24) is 4.90 Å². The summed E-state index contributed by atoms with van der Waals surface area (Å²) in [5.74, 6) is 2.22. The number of nitrogens with two attached hydrogens (primary N) is 1. The topological polar surface area (TPSA) is 29.3 Å². The van der Waals surface area contributed by atoms with Gasteiger partial charge in [-0.15, -0.1) is 0 Å². The quantitative estimate of drug-likeness (QED) is 0.758. The van der Waals surface area contributed by atoms with E-state index in [0.29, 0.717) is 6.04 Å². The molecule has 1 saturated heterocycles. The lowest BCUT2D eigenvalue weighted by atomic mass is 9.93. The minimum absolute atomic E-state index is 0.634. The first kappa shape index (κ1) is 13.3. The van der Waals surface area contributed by atoms with Gasteiger partial charge in [-0.2, -0.15) is 11.8 Å². The molecule has 0 radical (unpaired) electrons. The Morgan fingerprint density at radius 1 is 1.40 bits per heavy atom. The molecule has 15 heavy (non-hydrogen) atoms. The maximum atomic E-state index is 5.86. The Labute approximate surface area is 99.0 Å². The molecule has 0 saturated carbocycles. The zero-order chi connectivity index (χ0) is 11.1. The molecule has 1 rings (SSSR count). The van der Waals surface area contributed by atoms with Gasteiger partial charge in [-0.25, -0.2) is 0 Å². The van der Waals surface area contributed by atoms with E-state index < -0.39 is 0 Å². The molecule has 3 heteroatoms. The van der Waals surface area contributed by atoms with Crippen LogP contribution in [0.2, 0.25) is 0 Å². The molecular weight excluding hydrogens is 204 g/mol. The Kier molecular flexibility index (Phi) is 6.69. The van der Waals surface area contributed by atoms with E-state index in [1.807, 2.05) is 11.8 Å². The van der Waals surface area contributed by atoms with Crippen LogP contribution in [0.1, 0.15) is 32.6 Å². The van der Waals surface area contributed by atoms with Gasteiger partial charge < -0.3 is 5.73 Å². The average Bonchev–Trinajstić information content (AvgIpc) is 2.31. The van der Waals surface area contributed by atoms with E-state index in [9.17, 15) is 0 Å². The van der Waals surface area contributed by atoms with Crippen LogP contribution in [0.15, 0.2) is 0 Å². The van der Waals surface area contributed by atoms with E-state index in [1.165, 1.54) is 44.5 Å². The van der Waals surface area contributed by atoms with E-state index >= 15 is 0 Å². The summed E-state index contributed by atoms with van der Waals surface area (Å²) in [6.45, 7) is 5.69. The van der Waals surface area contributed by atoms with Crippen molar-refractivity contribution in [3.8, 4) is 0 Å². The van der Waals surface area contributed by atoms with Crippen LogP contribution in [0, 0.1) is 5.92 Å². The highest BCUT2D eigenvalue weighted by Crippen LogP contribution is 2.22. The van der Waals surface area contributed by atoms with E-state index in [2.05, 4.69) is 18.1 Å². The third-order valence-electron chi connectivity index (χ3n) is 3.67. The van der Waals surface area contributed by atoms with Crippen molar-refractivity contribution in [3.63, 3.8) is 0 Å². The van der Waals surface area contributed by atoms with Crippen molar-refractivity contribution >= 4 is 11.8 Å².